The molecule has 0 bridgehead atoms. The van der Waals surface area contributed by atoms with Crippen LogP contribution in [0, 0.1) is 23.5 Å². The second-order valence-electron chi connectivity index (χ2n) is 19.8. The van der Waals surface area contributed by atoms with E-state index in [1.165, 1.54) is 29.8 Å². The van der Waals surface area contributed by atoms with Crippen molar-refractivity contribution < 1.29 is 31.9 Å². The van der Waals surface area contributed by atoms with Crippen LogP contribution in [0.1, 0.15) is 98.1 Å². The molecular weight excluding hydrogens is 900 g/mol. The van der Waals surface area contributed by atoms with Gasteiger partial charge >= 0.3 is 6.18 Å². The van der Waals surface area contributed by atoms with Gasteiger partial charge in [0, 0.05) is 69.6 Å². The van der Waals surface area contributed by atoms with E-state index in [0.717, 1.165) is 82.6 Å². The molecule has 0 aliphatic heterocycles. The van der Waals surface area contributed by atoms with E-state index in [-0.39, 0.29) is 42.2 Å². The van der Waals surface area contributed by atoms with Crippen LogP contribution in [0.2, 0.25) is 0 Å². The van der Waals surface area contributed by atoms with Gasteiger partial charge in [-0.2, -0.15) is 23.4 Å². The molecule has 358 valence electrons. The Morgan fingerprint density at radius 1 is 0.629 bits per heavy atom. The maximum Gasteiger partial charge on any atom is 0.417 e. The molecule has 10 nitrogen and oxygen atoms in total. The second kappa shape index (κ2) is 17.9. The molecule has 1 N–H and O–H groups in total. The molecule has 0 amide bonds. The highest BCUT2D eigenvalue weighted by molar-refractivity contribution is 5.82. The maximum atomic E-state index is 13.9. The van der Waals surface area contributed by atoms with Crippen molar-refractivity contribution in [3.63, 3.8) is 0 Å². The number of Topliss-reactive ketones (excluding diaryl/α,β-unsaturated/α-hetero) is 1. The summed E-state index contributed by atoms with van der Waals surface area (Å²) in [6.07, 6.45) is 9.99. The zero-order chi connectivity index (χ0) is 48.3. The van der Waals surface area contributed by atoms with Crippen molar-refractivity contribution >= 4 is 27.9 Å². The lowest BCUT2D eigenvalue weighted by molar-refractivity contribution is -0.279. The Balaban J connectivity index is 0.000000153. The van der Waals surface area contributed by atoms with Gasteiger partial charge in [0.05, 0.1) is 23.8 Å². The Hall–Kier alpha value is -6.74. The molecule has 0 spiro atoms. The molecule has 6 aromatic heterocycles. The van der Waals surface area contributed by atoms with Gasteiger partial charge < -0.3 is 5.11 Å². The number of hydrogen-bond acceptors (Lipinski definition) is 8. The standard InChI is InChI=1S/C28H26F4N4O.C27H25FN4O/c29-20-7-9-22(10-8-20)36-25-18(17-34-36)14-23-24(35-25)6-3-4-19-15-27(37,28(30,31)32)12-11-26(19,23)16-21-5-1-2-13-33-21;28-20-7-9-22(10-8-20)32-26-18(17-30-32)14-24-25(31-26)6-3-4-19-15-23(33)11-12-27(19,24)16-21-5-1-2-13-29-21/h1-2,5,7-10,13-14,17,19,37H,3-4,6,11-12,15-16H2;1-2,5,7-10,13-14,17,19H,3-4,6,11-12,15-16H2/t19-,26-,27-;19-,27-/m00/s1. The number of hydrogen-bond donors (Lipinski definition) is 1. The number of carbonyl (C=O) groups excluding carboxylic acids is 1. The zero-order valence-electron chi connectivity index (χ0n) is 38.4. The summed E-state index contributed by atoms with van der Waals surface area (Å²) in [5, 5.41) is 21.5. The summed E-state index contributed by atoms with van der Waals surface area (Å²) in [5.41, 5.74) is 5.38. The normalized spacial score (nSPS) is 24.3. The van der Waals surface area contributed by atoms with Gasteiger partial charge in [-0.1, -0.05) is 12.1 Å². The maximum absolute atomic E-state index is 13.9. The Morgan fingerprint density at radius 3 is 1.61 bits per heavy atom. The molecule has 15 heteroatoms. The van der Waals surface area contributed by atoms with Crippen molar-refractivity contribution in [3.05, 3.63) is 167 Å². The number of pyridine rings is 4. The molecule has 12 rings (SSSR count). The van der Waals surface area contributed by atoms with Crippen LogP contribution in [0.3, 0.4) is 0 Å². The van der Waals surface area contributed by atoms with Crippen molar-refractivity contribution in [3.8, 4) is 11.4 Å². The van der Waals surface area contributed by atoms with E-state index in [1.54, 1.807) is 46.0 Å². The topological polar surface area (TPSA) is 125 Å². The van der Waals surface area contributed by atoms with E-state index >= 15 is 0 Å². The first kappa shape index (κ1) is 45.7. The van der Waals surface area contributed by atoms with Gasteiger partial charge in [-0.15, -0.1) is 0 Å². The number of fused-ring (bicyclic) bond motifs is 8. The van der Waals surface area contributed by atoms with Gasteiger partial charge in [-0.3, -0.25) is 14.8 Å². The molecule has 0 radical (unpaired) electrons. The van der Waals surface area contributed by atoms with Crippen molar-refractivity contribution in [2.75, 3.05) is 0 Å². The summed E-state index contributed by atoms with van der Waals surface area (Å²) in [7, 11) is 0. The number of benzene rings is 2. The average Bonchev–Trinajstić information content (AvgIpc) is 3.89. The fourth-order valence-corrected chi connectivity index (χ4v) is 12.3. The van der Waals surface area contributed by atoms with Gasteiger partial charge in [0.1, 0.15) is 17.4 Å². The first-order valence-electron chi connectivity index (χ1n) is 24.2. The molecular formula is C55H51F5N8O2. The van der Waals surface area contributed by atoms with Crippen molar-refractivity contribution in [2.45, 2.75) is 112 Å². The quantitative estimate of drug-likeness (QED) is 0.163. The monoisotopic (exact) mass is 950 g/mol. The third-order valence-corrected chi connectivity index (χ3v) is 15.8. The van der Waals surface area contributed by atoms with Gasteiger partial charge in [0.25, 0.3) is 0 Å². The minimum Gasteiger partial charge on any atom is -0.380 e. The third-order valence-electron chi connectivity index (χ3n) is 15.8. The smallest absolute Gasteiger partial charge is 0.380 e. The second-order valence-corrected chi connectivity index (χ2v) is 19.8. The van der Waals surface area contributed by atoms with E-state index in [1.807, 2.05) is 48.8 Å². The minimum absolute atomic E-state index is 0.146. The van der Waals surface area contributed by atoms with Gasteiger partial charge in [-0.25, -0.2) is 28.1 Å². The summed E-state index contributed by atoms with van der Waals surface area (Å²) in [5.74, 6) is -0.332. The van der Waals surface area contributed by atoms with Crippen LogP contribution >= 0.6 is 0 Å². The molecule has 4 aliphatic rings. The summed E-state index contributed by atoms with van der Waals surface area (Å²) >= 11 is 0. The van der Waals surface area contributed by atoms with Crippen LogP contribution in [-0.4, -0.2) is 62.2 Å². The highest BCUT2D eigenvalue weighted by Gasteiger charge is 2.61. The number of aromatic nitrogens is 8. The predicted molar refractivity (Wildman–Crippen MR) is 253 cm³/mol. The minimum atomic E-state index is -4.68. The molecule has 5 atom stereocenters. The number of aliphatic hydroxyl groups is 1. The van der Waals surface area contributed by atoms with Crippen LogP contribution in [0.15, 0.2) is 122 Å². The fraction of sp³-hybridized carbons (Fsp3) is 0.364. The van der Waals surface area contributed by atoms with Crippen LogP contribution in [0.4, 0.5) is 22.0 Å². The molecule has 0 unspecified atom stereocenters. The Morgan fingerprint density at radius 2 is 1.13 bits per heavy atom. The first-order valence-corrected chi connectivity index (χ1v) is 24.2. The highest BCUT2D eigenvalue weighted by Crippen LogP contribution is 2.57. The third kappa shape index (κ3) is 8.24. The summed E-state index contributed by atoms with van der Waals surface area (Å²) < 4.78 is 72.1. The number of nitrogens with zero attached hydrogens (tertiary/aromatic N) is 8. The molecule has 8 aromatic rings. The van der Waals surface area contributed by atoms with Crippen LogP contribution < -0.4 is 0 Å². The number of carbonyl (C=O) groups is 1. The van der Waals surface area contributed by atoms with E-state index < -0.39 is 17.2 Å². The molecule has 2 fully saturated rings. The fourth-order valence-electron chi connectivity index (χ4n) is 12.3. The lowest BCUT2D eigenvalue weighted by atomic mass is 9.56. The van der Waals surface area contributed by atoms with Crippen molar-refractivity contribution in [1.29, 1.82) is 0 Å². The Labute approximate surface area is 401 Å². The molecule has 70 heavy (non-hydrogen) atoms. The summed E-state index contributed by atoms with van der Waals surface area (Å²) in [6.45, 7) is 0. The largest absolute Gasteiger partial charge is 0.417 e. The van der Waals surface area contributed by atoms with E-state index in [2.05, 4.69) is 32.3 Å². The van der Waals surface area contributed by atoms with E-state index in [9.17, 15) is 31.9 Å². The van der Waals surface area contributed by atoms with E-state index in [0.29, 0.717) is 61.6 Å². The number of ketones is 1. The van der Waals surface area contributed by atoms with E-state index in [4.69, 9.17) is 9.97 Å². The molecule has 0 saturated heterocycles. The predicted octanol–water partition coefficient (Wildman–Crippen LogP) is 11.0. The lowest BCUT2D eigenvalue weighted by Crippen LogP contribution is -2.55. The molecule has 4 aliphatic carbocycles. The molecule has 2 aromatic carbocycles. The summed E-state index contributed by atoms with van der Waals surface area (Å²) in [6, 6.07) is 28.3. The Bertz CT molecular complexity index is 3200. The highest BCUT2D eigenvalue weighted by atomic mass is 19.4. The van der Waals surface area contributed by atoms with Crippen molar-refractivity contribution in [2.24, 2.45) is 11.8 Å². The number of rotatable bonds is 6. The average molecular weight is 951 g/mol. The number of alkyl halides is 3. The molecule has 6 heterocycles. The number of halogens is 5. The van der Waals surface area contributed by atoms with Gasteiger partial charge in [0.2, 0.25) is 0 Å². The Kier molecular flexibility index (Phi) is 11.7. The van der Waals surface area contributed by atoms with Gasteiger partial charge in [-0.05, 0) is 185 Å². The molecule has 2 saturated carbocycles. The number of aryl methyl sites for hydroxylation is 2. The van der Waals surface area contributed by atoms with Crippen LogP contribution in [-0.2, 0) is 41.3 Å². The van der Waals surface area contributed by atoms with Crippen LogP contribution in [0.25, 0.3) is 33.4 Å². The van der Waals surface area contributed by atoms with Gasteiger partial charge in [0.15, 0.2) is 16.9 Å². The first-order chi connectivity index (χ1) is 33.8. The lowest BCUT2D eigenvalue weighted by Gasteiger charge is -2.50. The zero-order valence-corrected chi connectivity index (χ0v) is 38.4. The SMILES string of the molecule is O=C1CC[C@@]2(Cc3ccccn3)c3cc4cnn(-c5ccc(F)cc5)c4nc3CCC[C@H]2C1.O[C@@]1(C(F)(F)F)CC[C@@]2(Cc3ccccn3)c3cc4cnn(-c5ccc(F)cc5)c4nc3CCC[C@H]2C1. The van der Waals surface area contributed by atoms with Crippen molar-refractivity contribution in [1.82, 2.24) is 39.5 Å². The van der Waals surface area contributed by atoms with Crippen LogP contribution in [0.5, 0.6) is 0 Å². The summed E-state index contributed by atoms with van der Waals surface area (Å²) in [4.78, 5) is 31.7.